The minimum absolute atomic E-state index is 0.409. The first-order valence-corrected chi connectivity index (χ1v) is 4.01. The summed E-state index contributed by atoms with van der Waals surface area (Å²) in [6.45, 7) is 1.41. The molecule has 0 unspecified atom stereocenters. The number of aliphatic hydroxyl groups excluding tert-OH is 1. The molecule has 1 aromatic carbocycles. The van der Waals surface area contributed by atoms with E-state index in [9.17, 15) is 18.3 Å². The second-order valence-corrected chi connectivity index (χ2v) is 3.09. The molecule has 0 amide bonds. The lowest BCUT2D eigenvalue weighted by atomic mass is 10.0. The molecule has 1 rings (SSSR count). The average Bonchev–Trinajstić information content (AvgIpc) is 2.09. The number of aliphatic hydroxyl groups is 1. The predicted octanol–water partition coefficient (Wildman–Crippen LogP) is 1.48. The third-order valence-electron chi connectivity index (χ3n) is 1.84. The smallest absolute Gasteiger partial charge is 0.164 e. The van der Waals surface area contributed by atoms with E-state index in [1.54, 1.807) is 0 Å². The highest BCUT2D eigenvalue weighted by atomic mass is 19.2. The number of benzene rings is 1. The second kappa shape index (κ2) is 3.98. The van der Waals surface area contributed by atoms with Gasteiger partial charge in [0.1, 0.15) is 5.82 Å². The van der Waals surface area contributed by atoms with E-state index in [-0.39, 0.29) is 0 Å². The molecule has 0 saturated carbocycles. The maximum absolute atomic E-state index is 13.0. The van der Waals surface area contributed by atoms with Gasteiger partial charge in [0.2, 0.25) is 0 Å². The predicted molar refractivity (Wildman–Crippen MR) is 44.9 cm³/mol. The van der Waals surface area contributed by atoms with Crippen molar-refractivity contribution >= 4 is 0 Å². The normalized spacial score (nSPS) is 15.3. The summed E-state index contributed by atoms with van der Waals surface area (Å²) in [5.74, 6) is -3.55. The average molecular weight is 205 g/mol. The van der Waals surface area contributed by atoms with Crippen molar-refractivity contribution in [1.29, 1.82) is 0 Å². The monoisotopic (exact) mass is 205 g/mol. The molecular formula is C9H10F3NO. The summed E-state index contributed by atoms with van der Waals surface area (Å²) in [6, 6.07) is 0.338. The van der Waals surface area contributed by atoms with Crippen molar-refractivity contribution < 1.29 is 18.3 Å². The molecule has 2 atom stereocenters. The molecular weight excluding hydrogens is 195 g/mol. The van der Waals surface area contributed by atoms with Crippen LogP contribution in [0, 0.1) is 17.5 Å². The molecule has 0 heterocycles. The van der Waals surface area contributed by atoms with E-state index in [1.807, 2.05) is 0 Å². The fourth-order valence-electron chi connectivity index (χ4n) is 1.07. The van der Waals surface area contributed by atoms with Crippen LogP contribution in [0.15, 0.2) is 12.1 Å². The SMILES string of the molecule is C[C@H](N)[C@H](O)c1cc(F)cc(F)c1F. The van der Waals surface area contributed by atoms with Crippen LogP contribution in [0.25, 0.3) is 0 Å². The highest BCUT2D eigenvalue weighted by molar-refractivity contribution is 5.23. The van der Waals surface area contributed by atoms with Gasteiger partial charge < -0.3 is 10.8 Å². The van der Waals surface area contributed by atoms with E-state index in [4.69, 9.17) is 5.73 Å². The first-order valence-electron chi connectivity index (χ1n) is 4.01. The largest absolute Gasteiger partial charge is 0.387 e. The molecule has 5 heteroatoms. The zero-order valence-corrected chi connectivity index (χ0v) is 7.47. The van der Waals surface area contributed by atoms with Crippen LogP contribution in [0.4, 0.5) is 13.2 Å². The molecule has 3 N–H and O–H groups in total. The van der Waals surface area contributed by atoms with Crippen molar-refractivity contribution in [1.82, 2.24) is 0 Å². The summed E-state index contributed by atoms with van der Waals surface area (Å²) < 4.78 is 38.4. The van der Waals surface area contributed by atoms with Gasteiger partial charge in [-0.1, -0.05) is 0 Å². The summed E-state index contributed by atoms with van der Waals surface area (Å²) in [6.07, 6.45) is -1.42. The molecule has 0 bridgehead atoms. The number of hydrogen-bond donors (Lipinski definition) is 2. The maximum atomic E-state index is 13.0. The van der Waals surface area contributed by atoms with Crippen LogP contribution < -0.4 is 5.73 Å². The van der Waals surface area contributed by atoms with Gasteiger partial charge in [0, 0.05) is 17.7 Å². The summed E-state index contributed by atoms with van der Waals surface area (Å²) in [4.78, 5) is 0. The third-order valence-corrected chi connectivity index (χ3v) is 1.84. The van der Waals surface area contributed by atoms with Gasteiger partial charge in [0.05, 0.1) is 6.10 Å². The van der Waals surface area contributed by atoms with Crippen molar-refractivity contribution in [2.45, 2.75) is 19.1 Å². The lowest BCUT2D eigenvalue weighted by molar-refractivity contribution is 0.147. The van der Waals surface area contributed by atoms with E-state index in [0.29, 0.717) is 6.07 Å². The molecule has 1 aromatic rings. The Kier molecular flexibility index (Phi) is 3.13. The number of hydrogen-bond acceptors (Lipinski definition) is 2. The molecule has 0 radical (unpaired) electrons. The van der Waals surface area contributed by atoms with Crippen LogP contribution in [-0.4, -0.2) is 11.1 Å². The highest BCUT2D eigenvalue weighted by Gasteiger charge is 2.20. The number of rotatable bonds is 2. The zero-order chi connectivity index (χ0) is 10.9. The van der Waals surface area contributed by atoms with Crippen molar-refractivity contribution in [2.24, 2.45) is 5.73 Å². The second-order valence-electron chi connectivity index (χ2n) is 3.09. The van der Waals surface area contributed by atoms with Gasteiger partial charge in [-0.05, 0) is 13.0 Å². The molecule has 0 aliphatic rings. The lowest BCUT2D eigenvalue weighted by Crippen LogP contribution is -2.25. The first-order chi connectivity index (χ1) is 6.43. The van der Waals surface area contributed by atoms with E-state index in [1.165, 1.54) is 6.92 Å². The maximum Gasteiger partial charge on any atom is 0.164 e. The quantitative estimate of drug-likeness (QED) is 0.718. The number of halogens is 3. The molecule has 78 valence electrons. The third kappa shape index (κ3) is 2.05. The standard InChI is InChI=1S/C9H10F3NO/c1-4(13)9(14)6-2-5(10)3-7(11)8(6)12/h2-4,9,14H,13H2,1H3/t4-,9-/m0/s1. The Hall–Kier alpha value is -1.07. The summed E-state index contributed by atoms with van der Waals surface area (Å²) in [5, 5.41) is 9.33. The van der Waals surface area contributed by atoms with Gasteiger partial charge in [0.15, 0.2) is 11.6 Å². The Balaban J connectivity index is 3.20. The van der Waals surface area contributed by atoms with E-state index in [2.05, 4.69) is 0 Å². The van der Waals surface area contributed by atoms with Crippen LogP contribution in [0.2, 0.25) is 0 Å². The van der Waals surface area contributed by atoms with Crippen LogP contribution in [0.1, 0.15) is 18.6 Å². The minimum atomic E-state index is -1.42. The summed E-state index contributed by atoms with van der Waals surface area (Å²) in [7, 11) is 0. The molecule has 0 aromatic heterocycles. The van der Waals surface area contributed by atoms with Crippen LogP contribution in [0.3, 0.4) is 0 Å². The van der Waals surface area contributed by atoms with Gasteiger partial charge in [0.25, 0.3) is 0 Å². The van der Waals surface area contributed by atoms with E-state index >= 15 is 0 Å². The topological polar surface area (TPSA) is 46.2 Å². The van der Waals surface area contributed by atoms with Gasteiger partial charge >= 0.3 is 0 Å². The van der Waals surface area contributed by atoms with Gasteiger partial charge in [-0.15, -0.1) is 0 Å². The zero-order valence-electron chi connectivity index (χ0n) is 7.47. The first kappa shape index (κ1) is 11.0. The lowest BCUT2D eigenvalue weighted by Gasteiger charge is -2.15. The van der Waals surface area contributed by atoms with Crippen molar-refractivity contribution in [2.75, 3.05) is 0 Å². The molecule has 0 fully saturated rings. The van der Waals surface area contributed by atoms with E-state index in [0.717, 1.165) is 6.07 Å². The van der Waals surface area contributed by atoms with Crippen molar-refractivity contribution in [3.05, 3.63) is 35.1 Å². The fraction of sp³-hybridized carbons (Fsp3) is 0.333. The van der Waals surface area contributed by atoms with Crippen molar-refractivity contribution in [3.63, 3.8) is 0 Å². The van der Waals surface area contributed by atoms with E-state index < -0.39 is 35.2 Å². The fourth-order valence-corrected chi connectivity index (χ4v) is 1.07. The Morgan fingerprint density at radius 1 is 1.29 bits per heavy atom. The Bertz CT molecular complexity index is 341. The summed E-state index contributed by atoms with van der Waals surface area (Å²) >= 11 is 0. The van der Waals surface area contributed by atoms with Crippen LogP contribution in [0.5, 0.6) is 0 Å². The van der Waals surface area contributed by atoms with Crippen LogP contribution in [-0.2, 0) is 0 Å². The highest BCUT2D eigenvalue weighted by Crippen LogP contribution is 2.22. The molecule has 0 spiro atoms. The molecule has 14 heavy (non-hydrogen) atoms. The van der Waals surface area contributed by atoms with Gasteiger partial charge in [-0.3, -0.25) is 0 Å². The van der Waals surface area contributed by atoms with Crippen LogP contribution >= 0.6 is 0 Å². The Morgan fingerprint density at radius 2 is 1.86 bits per heavy atom. The Labute approximate surface area is 79.2 Å². The van der Waals surface area contributed by atoms with Gasteiger partial charge in [-0.25, -0.2) is 13.2 Å². The molecule has 0 saturated heterocycles. The molecule has 0 aliphatic carbocycles. The Morgan fingerprint density at radius 3 is 2.36 bits per heavy atom. The summed E-state index contributed by atoms with van der Waals surface area (Å²) in [5.41, 5.74) is 4.81. The number of nitrogens with two attached hydrogens (primary N) is 1. The van der Waals surface area contributed by atoms with Crippen molar-refractivity contribution in [3.8, 4) is 0 Å². The molecule has 0 aliphatic heterocycles. The minimum Gasteiger partial charge on any atom is -0.387 e. The van der Waals surface area contributed by atoms with Gasteiger partial charge in [-0.2, -0.15) is 0 Å². The molecule has 2 nitrogen and oxygen atoms in total.